The number of hydrogen-bond donors (Lipinski definition) is 0. The van der Waals surface area contributed by atoms with Crippen LogP contribution in [0.15, 0.2) is 0 Å². The zero-order chi connectivity index (χ0) is 10.2. The summed E-state index contributed by atoms with van der Waals surface area (Å²) in [5.74, 6) is -1.08. The molecule has 14 heavy (non-hydrogen) atoms. The molecule has 1 atom stereocenters. The Morgan fingerprint density at radius 2 is 1.79 bits per heavy atom. The number of rotatable bonds is 2. The molecule has 2 heterocycles. The van der Waals surface area contributed by atoms with E-state index < -0.39 is 12.1 Å². The maximum atomic E-state index is 12.3. The Morgan fingerprint density at radius 3 is 2.21 bits per heavy atom. The highest BCUT2D eigenvalue weighted by Gasteiger charge is 2.41. The lowest BCUT2D eigenvalue weighted by atomic mass is 9.96. The van der Waals surface area contributed by atoms with Gasteiger partial charge >= 0.3 is 6.18 Å². The van der Waals surface area contributed by atoms with Gasteiger partial charge in [0, 0.05) is 6.54 Å². The first-order chi connectivity index (χ1) is 6.55. The molecule has 0 aromatic heterocycles. The number of ether oxygens (including phenoxy) is 1. The third-order valence-corrected chi connectivity index (χ3v) is 2.91. The molecule has 2 saturated heterocycles. The van der Waals surface area contributed by atoms with Crippen LogP contribution in [0.4, 0.5) is 13.2 Å². The summed E-state index contributed by atoms with van der Waals surface area (Å²) in [5, 5.41) is 0. The highest BCUT2D eigenvalue weighted by molar-refractivity contribution is 4.81. The second-order valence-electron chi connectivity index (χ2n) is 4.07. The van der Waals surface area contributed by atoms with Gasteiger partial charge in [0.2, 0.25) is 0 Å². The maximum absolute atomic E-state index is 12.3. The van der Waals surface area contributed by atoms with E-state index in [0.717, 1.165) is 13.2 Å². The van der Waals surface area contributed by atoms with Crippen LogP contribution in [0.5, 0.6) is 0 Å². The van der Waals surface area contributed by atoms with Gasteiger partial charge in [-0.15, -0.1) is 0 Å². The van der Waals surface area contributed by atoms with Gasteiger partial charge in [0.05, 0.1) is 18.6 Å². The van der Waals surface area contributed by atoms with Gasteiger partial charge < -0.3 is 9.64 Å². The van der Waals surface area contributed by atoms with Gasteiger partial charge in [0.25, 0.3) is 0 Å². The Morgan fingerprint density at radius 1 is 1.21 bits per heavy atom. The molecule has 2 nitrogen and oxygen atoms in total. The first-order valence-electron chi connectivity index (χ1n) is 4.96. The zero-order valence-corrected chi connectivity index (χ0v) is 7.89. The Kier molecular flexibility index (Phi) is 2.70. The topological polar surface area (TPSA) is 15.8 Å². The molecule has 2 rings (SSSR count). The van der Waals surface area contributed by atoms with Crippen LogP contribution in [0.1, 0.15) is 12.8 Å². The van der Waals surface area contributed by atoms with E-state index in [9.17, 15) is 13.2 Å². The lowest BCUT2D eigenvalue weighted by molar-refractivity contribution is -0.185. The van der Waals surface area contributed by atoms with E-state index in [1.165, 1.54) is 0 Å². The van der Waals surface area contributed by atoms with Gasteiger partial charge in [0.15, 0.2) is 0 Å². The van der Waals surface area contributed by atoms with Crippen molar-refractivity contribution in [3.05, 3.63) is 0 Å². The monoisotopic (exact) mass is 209 g/mol. The van der Waals surface area contributed by atoms with Crippen LogP contribution in [-0.4, -0.2) is 43.4 Å². The first kappa shape index (κ1) is 10.2. The molecular weight excluding hydrogens is 195 g/mol. The quantitative estimate of drug-likeness (QED) is 0.643. The number of halogens is 3. The second-order valence-corrected chi connectivity index (χ2v) is 4.07. The third-order valence-electron chi connectivity index (χ3n) is 2.91. The summed E-state index contributed by atoms with van der Waals surface area (Å²) in [6, 6.07) is 0. The number of alkyl halides is 3. The Balaban J connectivity index is 1.74. The summed E-state index contributed by atoms with van der Waals surface area (Å²) >= 11 is 0. The van der Waals surface area contributed by atoms with Crippen molar-refractivity contribution >= 4 is 0 Å². The van der Waals surface area contributed by atoms with Crippen LogP contribution in [0.25, 0.3) is 0 Å². The van der Waals surface area contributed by atoms with Gasteiger partial charge in [-0.2, -0.15) is 13.2 Å². The molecule has 0 saturated carbocycles. The molecule has 0 N–H and O–H groups in total. The molecule has 2 aliphatic rings. The number of hydrogen-bond acceptors (Lipinski definition) is 2. The molecule has 0 radical (unpaired) electrons. The molecule has 0 aromatic carbocycles. The second kappa shape index (κ2) is 3.70. The highest BCUT2D eigenvalue weighted by atomic mass is 19.4. The number of likely N-dealkylation sites (tertiary alicyclic amines) is 1. The summed E-state index contributed by atoms with van der Waals surface area (Å²) in [6.45, 7) is 2.71. The molecule has 0 amide bonds. The molecule has 0 bridgehead atoms. The SMILES string of the molecule is FC(F)(F)C1CCN(CC2CO2)CC1. The van der Waals surface area contributed by atoms with E-state index in [-0.39, 0.29) is 18.9 Å². The lowest BCUT2D eigenvalue weighted by Crippen LogP contribution is -2.40. The average Bonchev–Trinajstić information content (AvgIpc) is 2.88. The van der Waals surface area contributed by atoms with Crippen LogP contribution in [0, 0.1) is 5.92 Å². The van der Waals surface area contributed by atoms with Crippen LogP contribution < -0.4 is 0 Å². The average molecular weight is 209 g/mol. The fourth-order valence-electron chi connectivity index (χ4n) is 1.90. The Labute approximate surface area is 81.0 Å². The summed E-state index contributed by atoms with van der Waals surface area (Å²) in [5.41, 5.74) is 0. The number of piperidine rings is 1. The van der Waals surface area contributed by atoms with E-state index in [2.05, 4.69) is 4.90 Å². The van der Waals surface area contributed by atoms with E-state index in [1.54, 1.807) is 0 Å². The van der Waals surface area contributed by atoms with Crippen molar-refractivity contribution < 1.29 is 17.9 Å². The van der Waals surface area contributed by atoms with Crippen molar-refractivity contribution in [2.45, 2.75) is 25.1 Å². The lowest BCUT2D eigenvalue weighted by Gasteiger charge is -2.32. The molecule has 5 heteroatoms. The fraction of sp³-hybridized carbons (Fsp3) is 1.00. The fourth-order valence-corrected chi connectivity index (χ4v) is 1.90. The summed E-state index contributed by atoms with van der Waals surface area (Å²) < 4.78 is 41.9. The molecule has 82 valence electrons. The molecule has 0 aliphatic carbocycles. The summed E-state index contributed by atoms with van der Waals surface area (Å²) in [4.78, 5) is 2.07. The van der Waals surface area contributed by atoms with Crippen LogP contribution in [0.2, 0.25) is 0 Å². The summed E-state index contributed by atoms with van der Waals surface area (Å²) in [7, 11) is 0. The third kappa shape index (κ3) is 2.60. The molecule has 2 aliphatic heterocycles. The molecule has 1 unspecified atom stereocenters. The normalized spacial score (nSPS) is 30.6. The van der Waals surface area contributed by atoms with Gasteiger partial charge in [-0.1, -0.05) is 0 Å². The van der Waals surface area contributed by atoms with Gasteiger partial charge in [0.1, 0.15) is 0 Å². The van der Waals surface area contributed by atoms with Gasteiger partial charge in [-0.25, -0.2) is 0 Å². The van der Waals surface area contributed by atoms with Crippen molar-refractivity contribution in [1.29, 1.82) is 0 Å². The predicted octanol–water partition coefficient (Wildman–Crippen LogP) is 1.66. The standard InChI is InChI=1S/C9H14F3NO/c10-9(11,12)7-1-3-13(4-2-7)5-8-6-14-8/h7-8H,1-6H2. The van der Waals surface area contributed by atoms with Crippen molar-refractivity contribution in [2.24, 2.45) is 5.92 Å². The minimum atomic E-state index is -4.00. The first-order valence-corrected chi connectivity index (χ1v) is 4.96. The largest absolute Gasteiger partial charge is 0.391 e. The maximum Gasteiger partial charge on any atom is 0.391 e. The van der Waals surface area contributed by atoms with E-state index in [0.29, 0.717) is 13.1 Å². The minimum absolute atomic E-state index is 0.246. The van der Waals surface area contributed by atoms with Crippen molar-refractivity contribution in [2.75, 3.05) is 26.2 Å². The zero-order valence-electron chi connectivity index (χ0n) is 7.89. The van der Waals surface area contributed by atoms with Crippen molar-refractivity contribution in [3.63, 3.8) is 0 Å². The highest BCUT2D eigenvalue weighted by Crippen LogP contribution is 2.34. The van der Waals surface area contributed by atoms with E-state index in [4.69, 9.17) is 4.74 Å². The van der Waals surface area contributed by atoms with Crippen molar-refractivity contribution in [3.8, 4) is 0 Å². The minimum Gasteiger partial charge on any atom is -0.372 e. The van der Waals surface area contributed by atoms with Crippen LogP contribution in [0.3, 0.4) is 0 Å². The molecule has 0 spiro atoms. The predicted molar refractivity (Wildman–Crippen MR) is 45.0 cm³/mol. The Bertz CT molecular complexity index is 195. The van der Waals surface area contributed by atoms with E-state index in [1.807, 2.05) is 0 Å². The smallest absolute Gasteiger partial charge is 0.372 e. The van der Waals surface area contributed by atoms with Gasteiger partial charge in [-0.3, -0.25) is 0 Å². The molecular formula is C9H14F3NO. The summed E-state index contributed by atoms with van der Waals surface area (Å²) in [6.07, 6.45) is -3.22. The van der Waals surface area contributed by atoms with Crippen molar-refractivity contribution in [1.82, 2.24) is 4.90 Å². The Hall–Kier alpha value is -0.290. The molecule has 0 aromatic rings. The van der Waals surface area contributed by atoms with Crippen LogP contribution >= 0.6 is 0 Å². The van der Waals surface area contributed by atoms with Crippen LogP contribution in [-0.2, 0) is 4.74 Å². The van der Waals surface area contributed by atoms with E-state index >= 15 is 0 Å². The number of epoxide rings is 1. The number of nitrogens with zero attached hydrogens (tertiary/aromatic N) is 1. The van der Waals surface area contributed by atoms with Gasteiger partial charge in [-0.05, 0) is 25.9 Å². The molecule has 2 fully saturated rings.